The third-order valence-electron chi connectivity index (χ3n) is 3.84. The Bertz CT molecular complexity index is 987. The fourth-order valence-electron chi connectivity index (χ4n) is 2.62. The normalized spacial score (nSPS) is 11.2. The molecule has 22 heavy (non-hydrogen) atoms. The number of aromatic nitrogens is 4. The second-order valence-electron chi connectivity index (χ2n) is 5.46. The average molecular weight is 289 g/mol. The highest BCUT2D eigenvalue weighted by atomic mass is 15.1. The van der Waals surface area contributed by atoms with Crippen molar-refractivity contribution >= 4 is 33.4 Å². The Kier molecular flexibility index (Phi) is 2.79. The number of nitrogens with one attached hydrogen (secondary N) is 2. The van der Waals surface area contributed by atoms with Gasteiger partial charge in [0.1, 0.15) is 0 Å². The first-order valence-electron chi connectivity index (χ1n) is 7.14. The summed E-state index contributed by atoms with van der Waals surface area (Å²) in [7, 11) is 0. The zero-order valence-corrected chi connectivity index (χ0v) is 12.4. The highest BCUT2D eigenvalue weighted by molar-refractivity contribution is 5.85. The van der Waals surface area contributed by atoms with Gasteiger partial charge in [-0.1, -0.05) is 18.2 Å². The van der Waals surface area contributed by atoms with Crippen molar-refractivity contribution in [1.29, 1.82) is 0 Å². The lowest BCUT2D eigenvalue weighted by Crippen LogP contribution is -1.99. The highest BCUT2D eigenvalue weighted by Gasteiger charge is 2.06. The number of H-pyrrole nitrogens is 1. The minimum absolute atomic E-state index is 0.601. The molecule has 2 aromatic heterocycles. The van der Waals surface area contributed by atoms with E-state index < -0.39 is 0 Å². The fraction of sp³-hybridized carbons (Fsp3) is 0.118. The van der Waals surface area contributed by atoms with Gasteiger partial charge in [-0.15, -0.1) is 0 Å². The molecular weight excluding hydrogens is 274 g/mol. The predicted octanol–water partition coefficient (Wildman–Crippen LogP) is 3.87. The van der Waals surface area contributed by atoms with Crippen LogP contribution in [-0.4, -0.2) is 20.2 Å². The first-order chi connectivity index (χ1) is 10.7. The minimum atomic E-state index is 0.601. The van der Waals surface area contributed by atoms with Crippen LogP contribution >= 0.6 is 0 Å². The van der Waals surface area contributed by atoms with Crippen LogP contribution in [0, 0.1) is 13.8 Å². The SMILES string of the molecule is Cc1cc2cn[nH]c2cc1Nc1ncc2cccc(C)c2n1. The van der Waals surface area contributed by atoms with Gasteiger partial charge < -0.3 is 5.32 Å². The molecule has 4 rings (SSSR count). The van der Waals surface area contributed by atoms with Gasteiger partial charge in [0.2, 0.25) is 5.95 Å². The molecule has 0 atom stereocenters. The average Bonchev–Trinajstić information content (AvgIpc) is 2.95. The van der Waals surface area contributed by atoms with E-state index in [1.54, 1.807) is 0 Å². The number of aromatic amines is 1. The molecule has 0 radical (unpaired) electrons. The van der Waals surface area contributed by atoms with E-state index in [1.807, 2.05) is 30.6 Å². The predicted molar refractivity (Wildman–Crippen MR) is 88.4 cm³/mol. The number of nitrogens with zero attached hydrogens (tertiary/aromatic N) is 3. The Morgan fingerprint density at radius 3 is 2.82 bits per heavy atom. The van der Waals surface area contributed by atoms with Crippen molar-refractivity contribution in [3.8, 4) is 0 Å². The van der Waals surface area contributed by atoms with Gasteiger partial charge in [-0.05, 0) is 37.1 Å². The third-order valence-corrected chi connectivity index (χ3v) is 3.84. The van der Waals surface area contributed by atoms with Crippen LogP contribution < -0.4 is 5.32 Å². The van der Waals surface area contributed by atoms with Crippen LogP contribution in [0.2, 0.25) is 0 Å². The number of hydrogen-bond donors (Lipinski definition) is 2. The second kappa shape index (κ2) is 4.80. The van der Waals surface area contributed by atoms with Crippen molar-refractivity contribution in [3.63, 3.8) is 0 Å². The molecule has 5 nitrogen and oxygen atoms in total. The number of rotatable bonds is 2. The summed E-state index contributed by atoms with van der Waals surface area (Å²) >= 11 is 0. The van der Waals surface area contributed by atoms with Crippen molar-refractivity contribution in [2.45, 2.75) is 13.8 Å². The number of anilines is 2. The molecule has 2 heterocycles. The number of benzene rings is 2. The fourth-order valence-corrected chi connectivity index (χ4v) is 2.62. The minimum Gasteiger partial charge on any atom is -0.324 e. The van der Waals surface area contributed by atoms with E-state index in [0.717, 1.165) is 38.6 Å². The number of aryl methyl sites for hydroxylation is 2. The van der Waals surface area contributed by atoms with E-state index >= 15 is 0 Å². The van der Waals surface area contributed by atoms with Gasteiger partial charge >= 0.3 is 0 Å². The van der Waals surface area contributed by atoms with Crippen LogP contribution in [0.5, 0.6) is 0 Å². The Labute approximate surface area is 127 Å². The van der Waals surface area contributed by atoms with Gasteiger partial charge in [-0.2, -0.15) is 5.10 Å². The smallest absolute Gasteiger partial charge is 0.227 e. The maximum Gasteiger partial charge on any atom is 0.227 e. The zero-order valence-electron chi connectivity index (χ0n) is 12.4. The molecule has 5 heteroatoms. The standard InChI is InChI=1S/C17H15N5/c1-10-4-3-5-12-8-18-17(21-16(10)12)20-14-7-15-13(6-11(14)2)9-19-22-15/h3-9H,1-2H3,(H,19,22)(H,18,20,21). The van der Waals surface area contributed by atoms with E-state index in [4.69, 9.17) is 0 Å². The third kappa shape index (κ3) is 2.07. The molecule has 0 fully saturated rings. The molecule has 2 aromatic carbocycles. The van der Waals surface area contributed by atoms with Crippen LogP contribution in [0.25, 0.3) is 21.8 Å². The molecule has 0 bridgehead atoms. The van der Waals surface area contributed by atoms with Crippen LogP contribution in [0.1, 0.15) is 11.1 Å². The van der Waals surface area contributed by atoms with Crippen molar-refractivity contribution in [3.05, 3.63) is 53.9 Å². The Hall–Kier alpha value is -2.95. The zero-order chi connectivity index (χ0) is 15.1. The van der Waals surface area contributed by atoms with E-state index in [0.29, 0.717) is 5.95 Å². The van der Waals surface area contributed by atoms with E-state index in [1.165, 1.54) is 0 Å². The van der Waals surface area contributed by atoms with Crippen LogP contribution in [-0.2, 0) is 0 Å². The van der Waals surface area contributed by atoms with Gasteiger partial charge in [-0.25, -0.2) is 9.97 Å². The van der Waals surface area contributed by atoms with E-state index in [9.17, 15) is 0 Å². The Morgan fingerprint density at radius 1 is 1.00 bits per heavy atom. The summed E-state index contributed by atoms with van der Waals surface area (Å²) in [5.74, 6) is 0.601. The van der Waals surface area contributed by atoms with Gasteiger partial charge in [0.25, 0.3) is 0 Å². The van der Waals surface area contributed by atoms with Gasteiger partial charge in [-0.3, -0.25) is 5.10 Å². The van der Waals surface area contributed by atoms with Gasteiger partial charge in [0.15, 0.2) is 0 Å². The molecule has 0 aliphatic heterocycles. The highest BCUT2D eigenvalue weighted by Crippen LogP contribution is 2.25. The van der Waals surface area contributed by atoms with E-state index in [-0.39, 0.29) is 0 Å². The maximum absolute atomic E-state index is 4.63. The molecule has 0 aliphatic carbocycles. The molecule has 0 spiro atoms. The lowest BCUT2D eigenvalue weighted by molar-refractivity contribution is 1.12. The quantitative estimate of drug-likeness (QED) is 0.588. The Balaban J connectivity index is 1.78. The lowest BCUT2D eigenvalue weighted by atomic mass is 10.1. The van der Waals surface area contributed by atoms with Crippen molar-refractivity contribution in [2.75, 3.05) is 5.32 Å². The van der Waals surface area contributed by atoms with Gasteiger partial charge in [0, 0.05) is 22.7 Å². The molecule has 4 aromatic rings. The maximum atomic E-state index is 4.63. The molecule has 0 saturated heterocycles. The van der Waals surface area contributed by atoms with Crippen LogP contribution in [0.4, 0.5) is 11.6 Å². The lowest BCUT2D eigenvalue weighted by Gasteiger charge is -2.09. The molecule has 0 amide bonds. The van der Waals surface area contributed by atoms with Crippen molar-refractivity contribution in [1.82, 2.24) is 20.2 Å². The summed E-state index contributed by atoms with van der Waals surface area (Å²) < 4.78 is 0. The Morgan fingerprint density at radius 2 is 1.91 bits per heavy atom. The van der Waals surface area contributed by atoms with E-state index in [2.05, 4.69) is 51.5 Å². The van der Waals surface area contributed by atoms with Crippen LogP contribution in [0.3, 0.4) is 0 Å². The van der Waals surface area contributed by atoms with Crippen molar-refractivity contribution in [2.24, 2.45) is 0 Å². The van der Waals surface area contributed by atoms with Crippen LogP contribution in [0.15, 0.2) is 42.7 Å². The summed E-state index contributed by atoms with van der Waals surface area (Å²) in [6.07, 6.45) is 3.67. The molecular formula is C17H15N5. The summed E-state index contributed by atoms with van der Waals surface area (Å²) in [4.78, 5) is 9.03. The first-order valence-corrected chi connectivity index (χ1v) is 7.14. The van der Waals surface area contributed by atoms with Gasteiger partial charge in [0.05, 0.1) is 17.2 Å². The molecule has 0 saturated carbocycles. The molecule has 0 aliphatic rings. The molecule has 0 unspecified atom stereocenters. The summed E-state index contributed by atoms with van der Waals surface area (Å²) in [5.41, 5.74) is 5.21. The second-order valence-corrected chi connectivity index (χ2v) is 5.46. The largest absolute Gasteiger partial charge is 0.324 e. The summed E-state index contributed by atoms with van der Waals surface area (Å²) in [5, 5.41) is 12.5. The first kappa shape index (κ1) is 12.8. The summed E-state index contributed by atoms with van der Waals surface area (Å²) in [6.45, 7) is 4.11. The number of fused-ring (bicyclic) bond motifs is 2. The number of para-hydroxylation sites is 1. The topological polar surface area (TPSA) is 66.5 Å². The summed E-state index contributed by atoms with van der Waals surface area (Å²) in [6, 6.07) is 10.2. The van der Waals surface area contributed by atoms with Crippen molar-refractivity contribution < 1.29 is 0 Å². The number of hydrogen-bond acceptors (Lipinski definition) is 4. The molecule has 108 valence electrons. The monoisotopic (exact) mass is 289 g/mol. The molecule has 2 N–H and O–H groups in total.